The Balaban J connectivity index is 1.71. The maximum absolute atomic E-state index is 13.0. The second-order valence-corrected chi connectivity index (χ2v) is 7.51. The van der Waals surface area contributed by atoms with E-state index in [0.29, 0.717) is 17.8 Å². The summed E-state index contributed by atoms with van der Waals surface area (Å²) < 4.78 is 1.81. The highest BCUT2D eigenvalue weighted by Crippen LogP contribution is 2.25. The Morgan fingerprint density at radius 3 is 2.21 bits per heavy atom. The van der Waals surface area contributed by atoms with E-state index in [2.05, 4.69) is 22.3 Å². The van der Waals surface area contributed by atoms with Crippen LogP contribution in [0.3, 0.4) is 0 Å². The summed E-state index contributed by atoms with van der Waals surface area (Å²) in [5.74, 6) is -0.118. The van der Waals surface area contributed by atoms with Crippen LogP contribution in [0.2, 0.25) is 0 Å². The van der Waals surface area contributed by atoms with Crippen LogP contribution < -0.4 is 5.32 Å². The first-order valence-corrected chi connectivity index (χ1v) is 9.70. The molecule has 0 radical (unpaired) electrons. The third-order valence-corrected chi connectivity index (χ3v) is 5.04. The minimum absolute atomic E-state index is 0.118. The van der Waals surface area contributed by atoms with Crippen LogP contribution in [0.25, 0.3) is 16.7 Å². The number of aromatic nitrogens is 3. The van der Waals surface area contributed by atoms with Gasteiger partial charge in [0.15, 0.2) is 5.65 Å². The first kappa shape index (κ1) is 18.9. The number of carbonyl (C=O) groups excluding carboxylic acids is 1. The molecule has 0 atom stereocenters. The van der Waals surface area contributed by atoms with Gasteiger partial charge in [-0.15, -0.1) is 0 Å². The van der Waals surface area contributed by atoms with Gasteiger partial charge in [-0.3, -0.25) is 4.79 Å². The molecule has 0 bridgehead atoms. The molecule has 0 aliphatic rings. The zero-order valence-electron chi connectivity index (χ0n) is 17.2. The van der Waals surface area contributed by atoms with Crippen LogP contribution in [0.15, 0.2) is 54.6 Å². The average molecular weight is 384 g/mol. The van der Waals surface area contributed by atoms with Gasteiger partial charge in [0.25, 0.3) is 5.91 Å². The summed E-state index contributed by atoms with van der Waals surface area (Å²) in [5, 5.41) is 8.50. The summed E-state index contributed by atoms with van der Waals surface area (Å²) in [6, 6.07) is 18.1. The fourth-order valence-electron chi connectivity index (χ4n) is 3.44. The van der Waals surface area contributed by atoms with Gasteiger partial charge in [0.2, 0.25) is 0 Å². The Morgan fingerprint density at radius 2 is 1.55 bits per heavy atom. The lowest BCUT2D eigenvalue weighted by Gasteiger charge is -2.09. The summed E-state index contributed by atoms with van der Waals surface area (Å²) in [6.07, 6.45) is 0. The molecule has 0 unspecified atom stereocenters. The number of nitrogens with zero attached hydrogens (tertiary/aromatic N) is 3. The van der Waals surface area contributed by atoms with Crippen molar-refractivity contribution in [3.05, 3.63) is 88.2 Å². The van der Waals surface area contributed by atoms with Crippen LogP contribution >= 0.6 is 0 Å². The number of nitrogens with one attached hydrogen (secondary N) is 1. The maximum atomic E-state index is 13.0. The molecule has 146 valence electrons. The number of fused-ring (bicyclic) bond motifs is 1. The second-order valence-electron chi connectivity index (χ2n) is 7.51. The van der Waals surface area contributed by atoms with Crippen molar-refractivity contribution in [3.63, 3.8) is 0 Å². The van der Waals surface area contributed by atoms with Crippen molar-refractivity contribution in [1.82, 2.24) is 20.1 Å². The molecule has 0 fully saturated rings. The van der Waals surface area contributed by atoms with E-state index in [1.54, 1.807) is 0 Å². The van der Waals surface area contributed by atoms with E-state index >= 15 is 0 Å². The van der Waals surface area contributed by atoms with Gasteiger partial charge in [-0.2, -0.15) is 5.10 Å². The molecule has 5 heteroatoms. The van der Waals surface area contributed by atoms with Crippen molar-refractivity contribution in [2.45, 2.75) is 34.2 Å². The third-order valence-electron chi connectivity index (χ3n) is 5.04. The largest absolute Gasteiger partial charge is 0.348 e. The van der Waals surface area contributed by atoms with Crippen molar-refractivity contribution in [1.29, 1.82) is 0 Å². The van der Waals surface area contributed by atoms with Crippen LogP contribution in [0, 0.1) is 27.7 Å². The summed E-state index contributed by atoms with van der Waals surface area (Å²) in [7, 11) is 0. The normalized spacial score (nSPS) is 11.0. The molecule has 2 aromatic heterocycles. The molecule has 0 aliphatic heterocycles. The quantitative estimate of drug-likeness (QED) is 0.560. The van der Waals surface area contributed by atoms with Gasteiger partial charge in [-0.1, -0.05) is 47.5 Å². The van der Waals surface area contributed by atoms with E-state index < -0.39 is 0 Å². The van der Waals surface area contributed by atoms with Crippen molar-refractivity contribution < 1.29 is 4.79 Å². The summed E-state index contributed by atoms with van der Waals surface area (Å²) >= 11 is 0. The SMILES string of the molecule is Cc1ccc(CNC(=O)c2cc(C)nc3c2c(C)nn3-c2ccc(C)cc2)cc1. The topological polar surface area (TPSA) is 59.8 Å². The van der Waals surface area contributed by atoms with Crippen LogP contribution in [0.4, 0.5) is 0 Å². The molecule has 2 aromatic carbocycles. The molecule has 1 amide bonds. The molecule has 4 rings (SSSR count). The van der Waals surface area contributed by atoms with Crippen molar-refractivity contribution in [3.8, 4) is 5.69 Å². The first-order valence-electron chi connectivity index (χ1n) is 9.70. The number of rotatable bonds is 4. The Labute approximate surface area is 170 Å². The summed E-state index contributed by atoms with van der Waals surface area (Å²) in [6.45, 7) is 8.40. The van der Waals surface area contributed by atoms with Gasteiger partial charge in [0.1, 0.15) is 0 Å². The van der Waals surface area contributed by atoms with E-state index in [1.165, 1.54) is 11.1 Å². The number of aryl methyl sites for hydroxylation is 4. The van der Waals surface area contributed by atoms with Gasteiger partial charge in [0.05, 0.1) is 22.3 Å². The minimum Gasteiger partial charge on any atom is -0.348 e. The molecule has 0 saturated heterocycles. The molecular formula is C24H24N4O. The highest BCUT2D eigenvalue weighted by Gasteiger charge is 2.19. The molecule has 29 heavy (non-hydrogen) atoms. The van der Waals surface area contributed by atoms with Crippen molar-refractivity contribution >= 4 is 16.9 Å². The minimum atomic E-state index is -0.118. The fraction of sp³-hybridized carbons (Fsp3) is 0.208. The zero-order chi connectivity index (χ0) is 20.5. The maximum Gasteiger partial charge on any atom is 0.252 e. The standard InChI is InChI=1S/C24H24N4O/c1-15-5-9-19(10-6-15)14-25-24(29)21-13-17(3)26-23-22(21)18(4)27-28(23)20-11-7-16(2)8-12-20/h5-13H,14H2,1-4H3,(H,25,29). The first-order chi connectivity index (χ1) is 13.9. The molecule has 4 aromatic rings. The van der Waals surface area contributed by atoms with Gasteiger partial charge >= 0.3 is 0 Å². The van der Waals surface area contributed by atoms with Gasteiger partial charge in [-0.05, 0) is 51.5 Å². The summed E-state index contributed by atoms with van der Waals surface area (Å²) in [5.41, 5.74) is 7.26. The van der Waals surface area contributed by atoms with Crippen molar-refractivity contribution in [2.24, 2.45) is 0 Å². The average Bonchev–Trinajstić information content (AvgIpc) is 3.03. The predicted molar refractivity (Wildman–Crippen MR) is 115 cm³/mol. The lowest BCUT2D eigenvalue weighted by atomic mass is 10.1. The molecular weight excluding hydrogens is 360 g/mol. The highest BCUT2D eigenvalue weighted by atomic mass is 16.1. The Bertz CT molecular complexity index is 1190. The number of amides is 1. The second kappa shape index (κ2) is 7.51. The smallest absolute Gasteiger partial charge is 0.252 e. The highest BCUT2D eigenvalue weighted by molar-refractivity contribution is 6.06. The number of benzene rings is 2. The van der Waals surface area contributed by atoms with E-state index in [-0.39, 0.29) is 5.91 Å². The number of hydrogen-bond acceptors (Lipinski definition) is 3. The Hall–Kier alpha value is -3.47. The number of pyridine rings is 1. The number of carbonyl (C=O) groups is 1. The molecule has 0 spiro atoms. The van der Waals surface area contributed by atoms with E-state index in [1.807, 2.05) is 80.1 Å². The van der Waals surface area contributed by atoms with Crippen molar-refractivity contribution in [2.75, 3.05) is 0 Å². The Kier molecular flexibility index (Phi) is 4.89. The predicted octanol–water partition coefficient (Wildman–Crippen LogP) is 4.58. The zero-order valence-corrected chi connectivity index (χ0v) is 17.2. The number of hydrogen-bond donors (Lipinski definition) is 1. The van der Waals surface area contributed by atoms with E-state index in [9.17, 15) is 4.79 Å². The molecule has 1 N–H and O–H groups in total. The van der Waals surface area contributed by atoms with Crippen LogP contribution in [0.1, 0.15) is 38.4 Å². The third kappa shape index (κ3) is 3.76. The van der Waals surface area contributed by atoms with E-state index in [4.69, 9.17) is 0 Å². The molecule has 0 saturated carbocycles. The lowest BCUT2D eigenvalue weighted by Crippen LogP contribution is -2.23. The molecule has 5 nitrogen and oxygen atoms in total. The van der Waals surface area contributed by atoms with Gasteiger partial charge in [0, 0.05) is 12.2 Å². The molecule has 2 heterocycles. The summed E-state index contributed by atoms with van der Waals surface area (Å²) in [4.78, 5) is 17.7. The lowest BCUT2D eigenvalue weighted by molar-refractivity contribution is 0.0952. The van der Waals surface area contributed by atoms with Gasteiger partial charge < -0.3 is 5.32 Å². The van der Waals surface area contributed by atoms with Crippen LogP contribution in [0.5, 0.6) is 0 Å². The monoisotopic (exact) mass is 384 g/mol. The van der Waals surface area contributed by atoms with Crippen LogP contribution in [-0.4, -0.2) is 20.7 Å². The fourth-order valence-corrected chi connectivity index (χ4v) is 3.44. The molecule has 0 aliphatic carbocycles. The van der Waals surface area contributed by atoms with E-state index in [0.717, 1.165) is 28.0 Å². The Morgan fingerprint density at radius 1 is 0.931 bits per heavy atom. The van der Waals surface area contributed by atoms with Crippen LogP contribution in [-0.2, 0) is 6.54 Å². The van der Waals surface area contributed by atoms with Gasteiger partial charge in [-0.25, -0.2) is 9.67 Å².